The predicted molar refractivity (Wildman–Crippen MR) is 178 cm³/mol. The van der Waals surface area contributed by atoms with Crippen LogP contribution in [0.4, 0.5) is 4.39 Å². The Hall–Kier alpha value is -4.85. The number of benzene rings is 2. The van der Waals surface area contributed by atoms with Gasteiger partial charge in [-0.05, 0) is 73.7 Å². The number of fused-ring (bicyclic) bond motifs is 1. The number of pyridine rings is 2. The van der Waals surface area contributed by atoms with E-state index in [-0.39, 0.29) is 24.7 Å². The third kappa shape index (κ3) is 7.33. The Morgan fingerprint density at radius 2 is 1.70 bits per heavy atom. The Morgan fingerprint density at radius 3 is 2.30 bits per heavy atom. The number of carbonyl (C=O) groups excluding carboxylic acids is 1. The van der Waals surface area contributed by atoms with Gasteiger partial charge in [-0.3, -0.25) is 19.6 Å². The number of aryl methyl sites for hydroxylation is 1. The van der Waals surface area contributed by atoms with Crippen LogP contribution in [0.3, 0.4) is 0 Å². The lowest BCUT2D eigenvalue weighted by molar-refractivity contribution is -0.146. The number of hydrogen-bond donors (Lipinski definition) is 1. The topological polar surface area (TPSA) is 94.3 Å². The molecular formula is C38H40FN3O4. The first-order chi connectivity index (χ1) is 21.9. The number of nitrogens with zero attached hydrogens (tertiary/aromatic N) is 3. The Kier molecular flexibility index (Phi) is 9.65. The third-order valence-corrected chi connectivity index (χ3v) is 8.20. The minimum atomic E-state index is -1.12. The molecule has 0 amide bonds. The molecule has 3 heterocycles. The van der Waals surface area contributed by atoms with Gasteiger partial charge < -0.3 is 14.4 Å². The number of Topliss-reactive ketones (excluding diaryl/α,β-unsaturated/α-hetero) is 1. The summed E-state index contributed by atoms with van der Waals surface area (Å²) in [4.78, 5) is 34.9. The Labute approximate surface area is 269 Å². The SMILES string of the molecule is CCc1ccc(COc2ccc3c(c2)c(C(=O)CC(C)C)c(CC(C)(C)C(=O)O)n3Cc2ccc(-c3ccc(F)cn3)cc2)nc1. The summed E-state index contributed by atoms with van der Waals surface area (Å²) in [5.41, 5.74) is 5.36. The maximum absolute atomic E-state index is 13.9. The number of aliphatic carboxylic acids is 1. The van der Waals surface area contributed by atoms with E-state index in [1.807, 2.05) is 74.6 Å². The lowest BCUT2D eigenvalue weighted by Gasteiger charge is -2.22. The molecule has 0 fully saturated rings. The van der Waals surface area contributed by atoms with Crippen molar-refractivity contribution in [3.8, 4) is 17.0 Å². The second kappa shape index (κ2) is 13.6. The number of hydrogen-bond acceptors (Lipinski definition) is 5. The van der Waals surface area contributed by atoms with Crippen molar-refractivity contribution >= 4 is 22.7 Å². The van der Waals surface area contributed by atoms with Gasteiger partial charge in [-0.15, -0.1) is 0 Å². The number of aromatic nitrogens is 3. The maximum Gasteiger partial charge on any atom is 0.309 e. The highest BCUT2D eigenvalue weighted by Crippen LogP contribution is 2.36. The van der Waals surface area contributed by atoms with Gasteiger partial charge in [0.05, 0.1) is 23.0 Å². The number of ether oxygens (including phenoxy) is 1. The molecule has 0 saturated carbocycles. The maximum atomic E-state index is 13.9. The Balaban J connectivity index is 1.58. The Morgan fingerprint density at radius 1 is 0.957 bits per heavy atom. The number of halogens is 1. The molecule has 1 N–H and O–H groups in total. The zero-order chi connectivity index (χ0) is 33.0. The average molecular weight is 622 g/mol. The first-order valence-electron chi connectivity index (χ1n) is 15.6. The second-order valence-electron chi connectivity index (χ2n) is 12.8. The van der Waals surface area contributed by atoms with E-state index in [9.17, 15) is 19.1 Å². The molecule has 0 unspecified atom stereocenters. The first kappa shape index (κ1) is 32.5. The molecular weight excluding hydrogens is 581 g/mol. The second-order valence-corrected chi connectivity index (χ2v) is 12.8. The van der Waals surface area contributed by atoms with Crippen molar-refractivity contribution in [1.82, 2.24) is 14.5 Å². The van der Waals surface area contributed by atoms with Crippen molar-refractivity contribution in [2.45, 2.75) is 67.0 Å². The van der Waals surface area contributed by atoms with E-state index in [2.05, 4.69) is 21.5 Å². The Bertz CT molecular complexity index is 1840. The van der Waals surface area contributed by atoms with Crippen molar-refractivity contribution < 1.29 is 23.8 Å². The molecule has 0 radical (unpaired) electrons. The third-order valence-electron chi connectivity index (χ3n) is 8.20. The molecule has 5 rings (SSSR count). The lowest BCUT2D eigenvalue weighted by atomic mass is 9.85. The van der Waals surface area contributed by atoms with Crippen LogP contribution < -0.4 is 4.74 Å². The fourth-order valence-electron chi connectivity index (χ4n) is 5.54. The summed E-state index contributed by atoms with van der Waals surface area (Å²) >= 11 is 0. The van der Waals surface area contributed by atoms with E-state index in [1.165, 1.54) is 12.3 Å². The van der Waals surface area contributed by atoms with E-state index < -0.39 is 17.2 Å². The van der Waals surface area contributed by atoms with Crippen LogP contribution in [0.5, 0.6) is 5.75 Å². The molecule has 0 aliphatic heterocycles. The van der Waals surface area contributed by atoms with Crippen molar-refractivity contribution in [2.24, 2.45) is 11.3 Å². The zero-order valence-electron chi connectivity index (χ0n) is 27.0. The largest absolute Gasteiger partial charge is 0.487 e. The van der Waals surface area contributed by atoms with Gasteiger partial charge in [0.25, 0.3) is 0 Å². The first-order valence-corrected chi connectivity index (χ1v) is 15.6. The monoisotopic (exact) mass is 621 g/mol. The molecule has 0 saturated heterocycles. The molecule has 0 spiro atoms. The van der Waals surface area contributed by atoms with E-state index >= 15 is 0 Å². The van der Waals surface area contributed by atoms with Crippen LogP contribution in [0.1, 0.15) is 73.9 Å². The van der Waals surface area contributed by atoms with Gasteiger partial charge in [-0.2, -0.15) is 0 Å². The number of carboxylic acid groups (broad SMARTS) is 1. The van der Waals surface area contributed by atoms with Crippen molar-refractivity contribution in [1.29, 1.82) is 0 Å². The van der Waals surface area contributed by atoms with E-state index in [0.29, 0.717) is 35.7 Å². The van der Waals surface area contributed by atoms with Crippen molar-refractivity contribution in [3.63, 3.8) is 0 Å². The van der Waals surface area contributed by atoms with Crippen LogP contribution in [0.2, 0.25) is 0 Å². The summed E-state index contributed by atoms with van der Waals surface area (Å²) in [5, 5.41) is 10.8. The smallest absolute Gasteiger partial charge is 0.309 e. The molecule has 46 heavy (non-hydrogen) atoms. The summed E-state index contributed by atoms with van der Waals surface area (Å²) in [6.07, 6.45) is 4.45. The van der Waals surface area contributed by atoms with Crippen LogP contribution >= 0.6 is 0 Å². The van der Waals surface area contributed by atoms with Crippen molar-refractivity contribution in [3.05, 3.63) is 113 Å². The molecule has 5 aromatic rings. The average Bonchev–Trinajstić information content (AvgIpc) is 3.31. The van der Waals surface area contributed by atoms with Gasteiger partial charge in [-0.1, -0.05) is 51.1 Å². The standard InChI is InChI=1S/C38H40FN3O4/c1-6-25-9-13-29(40-20-25)23-46-30-14-16-33-31(18-30)36(35(43)17-24(2)3)34(19-38(4,5)37(44)45)42(33)22-26-7-10-27(11-8-26)32-15-12-28(39)21-41-32/h7-16,18,20-21,24H,6,17,19,22-23H2,1-5H3,(H,44,45). The number of ketones is 1. The lowest BCUT2D eigenvalue weighted by Crippen LogP contribution is -2.28. The van der Waals surface area contributed by atoms with Crippen molar-refractivity contribution in [2.75, 3.05) is 0 Å². The molecule has 2 aromatic carbocycles. The molecule has 3 aromatic heterocycles. The number of rotatable bonds is 13. The molecule has 8 heteroatoms. The van der Waals surface area contributed by atoms with Gasteiger partial charge in [-0.25, -0.2) is 4.39 Å². The number of carbonyl (C=O) groups is 2. The van der Waals surface area contributed by atoms with Crippen LogP contribution in [0, 0.1) is 17.2 Å². The van der Waals surface area contributed by atoms with Crippen LogP contribution in [0.15, 0.2) is 79.1 Å². The van der Waals surface area contributed by atoms with E-state index in [4.69, 9.17) is 4.74 Å². The fourth-order valence-corrected chi connectivity index (χ4v) is 5.54. The minimum Gasteiger partial charge on any atom is -0.487 e. The molecule has 7 nitrogen and oxygen atoms in total. The predicted octanol–water partition coefficient (Wildman–Crippen LogP) is 8.31. The van der Waals surface area contributed by atoms with Crippen LogP contribution in [-0.4, -0.2) is 31.4 Å². The highest BCUT2D eigenvalue weighted by atomic mass is 19.1. The van der Waals surface area contributed by atoms with Gasteiger partial charge in [0.1, 0.15) is 18.2 Å². The van der Waals surface area contributed by atoms with Crippen LogP contribution in [0.25, 0.3) is 22.2 Å². The highest BCUT2D eigenvalue weighted by molar-refractivity contribution is 6.10. The summed E-state index contributed by atoms with van der Waals surface area (Å²) < 4.78 is 21.6. The van der Waals surface area contributed by atoms with Gasteiger partial charge in [0.2, 0.25) is 0 Å². The van der Waals surface area contributed by atoms with Gasteiger partial charge >= 0.3 is 5.97 Å². The number of carboxylic acids is 1. The molecule has 0 bridgehead atoms. The normalized spacial score (nSPS) is 11.7. The quantitative estimate of drug-likeness (QED) is 0.133. The highest BCUT2D eigenvalue weighted by Gasteiger charge is 2.33. The van der Waals surface area contributed by atoms with Crippen LogP contribution in [-0.2, 0) is 30.8 Å². The summed E-state index contributed by atoms with van der Waals surface area (Å²) in [5.74, 6) is -0.634. The minimum absolute atomic E-state index is 0.0263. The zero-order valence-corrected chi connectivity index (χ0v) is 27.0. The molecule has 0 atom stereocenters. The summed E-state index contributed by atoms with van der Waals surface area (Å²) in [7, 11) is 0. The van der Waals surface area contributed by atoms with E-state index in [0.717, 1.165) is 39.7 Å². The molecule has 0 aliphatic carbocycles. The van der Waals surface area contributed by atoms with Gasteiger partial charge in [0.15, 0.2) is 5.78 Å². The summed E-state index contributed by atoms with van der Waals surface area (Å²) in [6, 6.07) is 20.5. The van der Waals surface area contributed by atoms with E-state index in [1.54, 1.807) is 19.9 Å². The molecule has 238 valence electrons. The van der Waals surface area contributed by atoms with Gasteiger partial charge in [0, 0.05) is 53.3 Å². The fraction of sp³-hybridized carbons (Fsp3) is 0.316. The summed E-state index contributed by atoms with van der Waals surface area (Å²) in [6.45, 7) is 10.1. The molecule has 0 aliphatic rings.